The van der Waals surface area contributed by atoms with Crippen molar-refractivity contribution in [1.82, 2.24) is 25.5 Å². The SMILES string of the molecule is O=C1NC(=O)C2(CCN(C(=O)c3c[nH]c(=O)cn3)C2)N1. The first-order chi connectivity index (χ1) is 9.50. The van der Waals surface area contributed by atoms with Crippen LogP contribution in [0.5, 0.6) is 0 Å². The number of likely N-dealkylation sites (tertiary alicyclic amines) is 1. The van der Waals surface area contributed by atoms with E-state index < -0.39 is 28.9 Å². The number of carbonyl (C=O) groups excluding carboxylic acids is 3. The molecule has 2 saturated heterocycles. The molecule has 20 heavy (non-hydrogen) atoms. The van der Waals surface area contributed by atoms with Crippen LogP contribution in [-0.2, 0) is 4.79 Å². The van der Waals surface area contributed by atoms with Crippen LogP contribution in [0.3, 0.4) is 0 Å². The number of aromatic amines is 1. The van der Waals surface area contributed by atoms with E-state index in [0.29, 0.717) is 13.0 Å². The summed E-state index contributed by atoms with van der Waals surface area (Å²) in [5.74, 6) is -0.820. The number of hydrogen-bond donors (Lipinski definition) is 3. The Hall–Kier alpha value is -2.71. The van der Waals surface area contributed by atoms with E-state index >= 15 is 0 Å². The number of amides is 4. The van der Waals surface area contributed by atoms with Gasteiger partial charge in [0.2, 0.25) is 0 Å². The molecule has 0 radical (unpaired) electrons. The zero-order valence-electron chi connectivity index (χ0n) is 10.3. The molecule has 2 fully saturated rings. The smallest absolute Gasteiger partial charge is 0.322 e. The number of urea groups is 1. The second-order valence-electron chi connectivity index (χ2n) is 4.76. The number of aromatic nitrogens is 2. The van der Waals surface area contributed by atoms with Gasteiger partial charge in [-0.25, -0.2) is 9.78 Å². The average Bonchev–Trinajstić information content (AvgIpc) is 2.95. The number of rotatable bonds is 1. The maximum Gasteiger partial charge on any atom is 0.322 e. The summed E-state index contributed by atoms with van der Waals surface area (Å²) in [5, 5.41) is 4.72. The standard InChI is InChI=1S/C11H11N5O4/c17-7-4-12-6(3-13-7)8(18)16-2-1-11(5-16)9(19)14-10(20)15-11/h3-4H,1-2,5H2,(H,13,17)(H2,14,15,19,20). The molecule has 0 saturated carbocycles. The molecule has 2 aliphatic rings. The summed E-state index contributed by atoms with van der Waals surface area (Å²) in [6.45, 7) is 0.414. The van der Waals surface area contributed by atoms with E-state index in [9.17, 15) is 19.2 Å². The first-order valence-electron chi connectivity index (χ1n) is 5.98. The minimum absolute atomic E-state index is 0.0875. The van der Waals surface area contributed by atoms with Crippen molar-refractivity contribution in [3.05, 3.63) is 28.4 Å². The summed E-state index contributed by atoms with van der Waals surface area (Å²) < 4.78 is 0. The van der Waals surface area contributed by atoms with Crippen molar-refractivity contribution >= 4 is 17.8 Å². The highest BCUT2D eigenvalue weighted by atomic mass is 16.2. The Kier molecular flexibility index (Phi) is 2.56. The molecular weight excluding hydrogens is 266 g/mol. The summed E-state index contributed by atoms with van der Waals surface area (Å²) in [6.07, 6.45) is 2.59. The normalized spacial score (nSPS) is 24.9. The highest BCUT2D eigenvalue weighted by Crippen LogP contribution is 2.25. The van der Waals surface area contributed by atoms with E-state index in [0.717, 1.165) is 6.20 Å². The lowest BCUT2D eigenvalue weighted by molar-refractivity contribution is -0.123. The van der Waals surface area contributed by atoms with Gasteiger partial charge in [-0.3, -0.25) is 19.7 Å². The van der Waals surface area contributed by atoms with Crippen molar-refractivity contribution < 1.29 is 14.4 Å². The predicted octanol–water partition coefficient (Wildman–Crippen LogP) is -1.81. The van der Waals surface area contributed by atoms with Crippen LogP contribution in [0.1, 0.15) is 16.9 Å². The summed E-state index contributed by atoms with van der Waals surface area (Å²) >= 11 is 0. The summed E-state index contributed by atoms with van der Waals surface area (Å²) in [4.78, 5) is 53.6. The van der Waals surface area contributed by atoms with Gasteiger partial charge in [0.1, 0.15) is 11.2 Å². The van der Waals surface area contributed by atoms with Crippen molar-refractivity contribution in [1.29, 1.82) is 0 Å². The number of nitrogens with zero attached hydrogens (tertiary/aromatic N) is 2. The van der Waals surface area contributed by atoms with Gasteiger partial charge in [-0.15, -0.1) is 0 Å². The predicted molar refractivity (Wildman–Crippen MR) is 64.8 cm³/mol. The molecule has 1 spiro atoms. The minimum Gasteiger partial charge on any atom is -0.334 e. The Bertz CT molecular complexity index is 649. The van der Waals surface area contributed by atoms with Crippen LogP contribution in [0.2, 0.25) is 0 Å². The van der Waals surface area contributed by atoms with Gasteiger partial charge >= 0.3 is 6.03 Å². The van der Waals surface area contributed by atoms with Gasteiger partial charge in [0.25, 0.3) is 17.4 Å². The molecule has 9 heteroatoms. The maximum atomic E-state index is 12.2. The molecule has 0 bridgehead atoms. The largest absolute Gasteiger partial charge is 0.334 e. The van der Waals surface area contributed by atoms with Crippen LogP contribution >= 0.6 is 0 Å². The Morgan fingerprint density at radius 3 is 2.75 bits per heavy atom. The number of H-pyrrole nitrogens is 1. The number of hydrogen-bond acceptors (Lipinski definition) is 5. The third-order valence-corrected chi connectivity index (χ3v) is 3.46. The van der Waals surface area contributed by atoms with Crippen LogP contribution < -0.4 is 16.2 Å². The average molecular weight is 277 g/mol. The minimum atomic E-state index is -1.05. The molecule has 1 aromatic rings. The Labute approximate surface area is 112 Å². The van der Waals surface area contributed by atoms with E-state index in [4.69, 9.17) is 0 Å². The molecule has 104 valence electrons. The number of imide groups is 1. The lowest BCUT2D eigenvalue weighted by Crippen LogP contribution is -2.49. The Morgan fingerprint density at radius 2 is 2.15 bits per heavy atom. The van der Waals surface area contributed by atoms with Crippen LogP contribution in [0.25, 0.3) is 0 Å². The monoisotopic (exact) mass is 277 g/mol. The fourth-order valence-electron chi connectivity index (χ4n) is 2.42. The summed E-state index contributed by atoms with van der Waals surface area (Å²) in [5.41, 5.74) is -1.36. The van der Waals surface area contributed by atoms with Gasteiger partial charge in [0.05, 0.1) is 12.7 Å². The van der Waals surface area contributed by atoms with Gasteiger partial charge in [-0.2, -0.15) is 0 Å². The lowest BCUT2D eigenvalue weighted by atomic mass is 10.00. The Balaban J connectivity index is 1.79. The second-order valence-corrected chi connectivity index (χ2v) is 4.76. The van der Waals surface area contributed by atoms with Gasteiger partial charge in [0.15, 0.2) is 0 Å². The van der Waals surface area contributed by atoms with Gasteiger partial charge in [-0.05, 0) is 6.42 Å². The number of carbonyl (C=O) groups is 3. The van der Waals surface area contributed by atoms with Crippen molar-refractivity contribution in [3.8, 4) is 0 Å². The van der Waals surface area contributed by atoms with Crippen LogP contribution in [0.4, 0.5) is 4.79 Å². The van der Waals surface area contributed by atoms with Crippen molar-refractivity contribution in [3.63, 3.8) is 0 Å². The maximum absolute atomic E-state index is 12.2. The molecule has 9 nitrogen and oxygen atoms in total. The molecule has 1 unspecified atom stereocenters. The molecule has 0 aliphatic carbocycles. The van der Waals surface area contributed by atoms with Gasteiger partial charge in [-0.1, -0.05) is 0 Å². The Morgan fingerprint density at radius 1 is 1.35 bits per heavy atom. The van der Waals surface area contributed by atoms with Crippen molar-refractivity contribution in [2.45, 2.75) is 12.0 Å². The van der Waals surface area contributed by atoms with Crippen LogP contribution in [0.15, 0.2) is 17.2 Å². The van der Waals surface area contributed by atoms with E-state index in [1.54, 1.807) is 0 Å². The van der Waals surface area contributed by atoms with Crippen molar-refractivity contribution in [2.24, 2.45) is 0 Å². The molecule has 1 atom stereocenters. The third-order valence-electron chi connectivity index (χ3n) is 3.46. The van der Waals surface area contributed by atoms with Gasteiger partial charge in [0, 0.05) is 12.7 Å². The van der Waals surface area contributed by atoms with Crippen LogP contribution in [0, 0.1) is 0 Å². The summed E-state index contributed by atoms with van der Waals surface area (Å²) in [6, 6.07) is -0.550. The summed E-state index contributed by atoms with van der Waals surface area (Å²) in [7, 11) is 0. The molecule has 4 amide bonds. The van der Waals surface area contributed by atoms with E-state index in [1.807, 2.05) is 0 Å². The fraction of sp³-hybridized carbons (Fsp3) is 0.364. The zero-order valence-corrected chi connectivity index (χ0v) is 10.3. The second kappa shape index (κ2) is 4.15. The first kappa shape index (κ1) is 12.3. The topological polar surface area (TPSA) is 124 Å². The molecule has 2 aliphatic heterocycles. The molecule has 1 aromatic heterocycles. The highest BCUT2D eigenvalue weighted by molar-refractivity contribution is 6.08. The highest BCUT2D eigenvalue weighted by Gasteiger charge is 2.51. The number of nitrogens with one attached hydrogen (secondary N) is 3. The lowest BCUT2D eigenvalue weighted by Gasteiger charge is -2.20. The quantitative estimate of drug-likeness (QED) is 0.522. The van der Waals surface area contributed by atoms with E-state index in [2.05, 4.69) is 20.6 Å². The van der Waals surface area contributed by atoms with E-state index in [1.165, 1.54) is 11.1 Å². The fourth-order valence-corrected chi connectivity index (χ4v) is 2.42. The first-order valence-corrected chi connectivity index (χ1v) is 5.98. The molecule has 3 rings (SSSR count). The van der Waals surface area contributed by atoms with Crippen LogP contribution in [-0.4, -0.2) is 51.3 Å². The zero-order chi connectivity index (χ0) is 14.3. The van der Waals surface area contributed by atoms with E-state index in [-0.39, 0.29) is 12.2 Å². The van der Waals surface area contributed by atoms with Crippen molar-refractivity contribution in [2.75, 3.05) is 13.1 Å². The van der Waals surface area contributed by atoms with Gasteiger partial charge < -0.3 is 15.2 Å². The molecule has 0 aromatic carbocycles. The third kappa shape index (κ3) is 1.83. The molecular formula is C11H11N5O4. The molecule has 3 N–H and O–H groups in total. The molecule has 3 heterocycles.